The molecule has 5 nitrogen and oxygen atoms in total. The molecule has 2 aromatic rings. The molecule has 0 saturated heterocycles. The zero-order chi connectivity index (χ0) is 13.1. The molecule has 1 amide bonds. The van der Waals surface area contributed by atoms with Gasteiger partial charge in [-0.05, 0) is 36.2 Å². The summed E-state index contributed by atoms with van der Waals surface area (Å²) < 4.78 is 4.65. The molecule has 0 saturated carbocycles. The zero-order valence-corrected chi connectivity index (χ0v) is 12.0. The molecule has 0 atom stereocenters. The minimum absolute atomic E-state index is 0.226. The maximum Gasteiger partial charge on any atom is 0.269 e. The number of nitrogens with two attached hydrogens (primary N) is 1. The van der Waals surface area contributed by atoms with E-state index in [1.807, 2.05) is 13.0 Å². The molecule has 94 valence electrons. The summed E-state index contributed by atoms with van der Waals surface area (Å²) in [7, 11) is 0. The van der Waals surface area contributed by atoms with Crippen LogP contribution < -0.4 is 11.1 Å². The Morgan fingerprint density at radius 2 is 2.33 bits per heavy atom. The molecule has 1 aromatic heterocycles. The zero-order valence-electron chi connectivity index (χ0n) is 9.61. The normalized spacial score (nSPS) is 10.3. The van der Waals surface area contributed by atoms with Gasteiger partial charge in [0.25, 0.3) is 5.91 Å². The first-order chi connectivity index (χ1) is 8.61. The van der Waals surface area contributed by atoms with Gasteiger partial charge >= 0.3 is 0 Å². The lowest BCUT2D eigenvalue weighted by Crippen LogP contribution is -2.13. The van der Waals surface area contributed by atoms with Crippen LogP contribution in [-0.4, -0.2) is 15.5 Å². The number of nitrogen functional groups attached to an aromatic ring is 1. The quantitative estimate of drug-likeness (QED) is 0.850. The van der Waals surface area contributed by atoms with Crippen LogP contribution in [0.3, 0.4) is 0 Å². The van der Waals surface area contributed by atoms with Gasteiger partial charge in [-0.25, -0.2) is 0 Å². The van der Waals surface area contributed by atoms with Crippen LogP contribution in [-0.2, 0) is 6.42 Å². The second-order valence-electron chi connectivity index (χ2n) is 3.59. The van der Waals surface area contributed by atoms with Crippen molar-refractivity contribution >= 4 is 44.7 Å². The number of aryl methyl sites for hydroxylation is 1. The smallest absolute Gasteiger partial charge is 0.269 e. The second-order valence-corrected chi connectivity index (χ2v) is 5.26. The first-order valence-electron chi connectivity index (χ1n) is 5.29. The van der Waals surface area contributed by atoms with Crippen molar-refractivity contribution in [2.75, 3.05) is 11.1 Å². The van der Waals surface area contributed by atoms with E-state index in [1.54, 1.807) is 12.1 Å². The van der Waals surface area contributed by atoms with Crippen LogP contribution in [0, 0.1) is 0 Å². The van der Waals surface area contributed by atoms with Gasteiger partial charge in [0, 0.05) is 4.47 Å². The van der Waals surface area contributed by atoms with E-state index in [4.69, 9.17) is 5.73 Å². The molecule has 0 aliphatic rings. The van der Waals surface area contributed by atoms with Gasteiger partial charge in [-0.2, -0.15) is 0 Å². The summed E-state index contributed by atoms with van der Waals surface area (Å²) in [5, 5.41) is 6.66. The number of nitrogens with zero attached hydrogens (tertiary/aromatic N) is 2. The molecule has 0 aliphatic heterocycles. The topological polar surface area (TPSA) is 80.9 Å². The van der Waals surface area contributed by atoms with E-state index >= 15 is 0 Å². The molecular weight excluding hydrogens is 316 g/mol. The van der Waals surface area contributed by atoms with Crippen molar-refractivity contribution in [2.24, 2.45) is 0 Å². The molecule has 0 fully saturated rings. The largest absolute Gasteiger partial charge is 0.397 e. The molecule has 0 spiro atoms. The predicted molar refractivity (Wildman–Crippen MR) is 75.8 cm³/mol. The summed E-state index contributed by atoms with van der Waals surface area (Å²) in [5.41, 5.74) is 7.61. The first-order valence-corrected chi connectivity index (χ1v) is 6.86. The van der Waals surface area contributed by atoms with E-state index in [-0.39, 0.29) is 5.91 Å². The molecule has 1 aromatic carbocycles. The Morgan fingerprint density at radius 1 is 1.56 bits per heavy atom. The van der Waals surface area contributed by atoms with Crippen LogP contribution in [0.15, 0.2) is 22.7 Å². The van der Waals surface area contributed by atoms with E-state index in [0.717, 1.165) is 16.0 Å². The van der Waals surface area contributed by atoms with Gasteiger partial charge in [0.2, 0.25) is 0 Å². The number of hydrogen-bond donors (Lipinski definition) is 2. The Bertz CT molecular complexity index is 584. The van der Waals surface area contributed by atoms with Gasteiger partial charge in [0.05, 0.1) is 17.1 Å². The molecule has 3 N–H and O–H groups in total. The third-order valence-electron chi connectivity index (χ3n) is 2.36. The molecule has 1 heterocycles. The van der Waals surface area contributed by atoms with Gasteiger partial charge in [-0.15, -0.1) is 5.10 Å². The SMILES string of the molecule is CCc1nnsc1C(=O)Nc1ccc(Br)cc1N. The summed E-state index contributed by atoms with van der Waals surface area (Å²) >= 11 is 4.40. The lowest BCUT2D eigenvalue weighted by molar-refractivity contribution is 0.102. The fraction of sp³-hybridized carbons (Fsp3) is 0.182. The van der Waals surface area contributed by atoms with Crippen LogP contribution in [0.25, 0.3) is 0 Å². The Kier molecular flexibility index (Phi) is 3.93. The molecule has 2 rings (SSSR count). The Labute approximate surface area is 117 Å². The minimum Gasteiger partial charge on any atom is -0.397 e. The van der Waals surface area contributed by atoms with E-state index in [0.29, 0.717) is 28.4 Å². The number of halogens is 1. The highest BCUT2D eigenvalue weighted by Gasteiger charge is 2.15. The molecule has 0 bridgehead atoms. The van der Waals surface area contributed by atoms with Gasteiger partial charge in [-0.3, -0.25) is 4.79 Å². The van der Waals surface area contributed by atoms with Crippen molar-refractivity contribution in [3.8, 4) is 0 Å². The Morgan fingerprint density at radius 3 is 3.00 bits per heavy atom. The molecule has 0 unspecified atom stereocenters. The average Bonchev–Trinajstić information content (AvgIpc) is 2.81. The number of hydrogen-bond acceptors (Lipinski definition) is 5. The Hall–Kier alpha value is -1.47. The number of benzene rings is 1. The summed E-state index contributed by atoms with van der Waals surface area (Å²) in [6.45, 7) is 1.93. The fourth-order valence-corrected chi connectivity index (χ4v) is 2.46. The maximum atomic E-state index is 12.0. The number of anilines is 2. The van der Waals surface area contributed by atoms with Crippen molar-refractivity contribution in [3.63, 3.8) is 0 Å². The Balaban J connectivity index is 2.21. The van der Waals surface area contributed by atoms with E-state index in [1.165, 1.54) is 0 Å². The van der Waals surface area contributed by atoms with Crippen molar-refractivity contribution in [1.82, 2.24) is 9.59 Å². The van der Waals surface area contributed by atoms with Gasteiger partial charge in [0.15, 0.2) is 0 Å². The standard InChI is InChI=1S/C11H11BrN4OS/c1-2-8-10(18-16-15-8)11(17)14-9-4-3-6(12)5-7(9)13/h3-5H,2,13H2,1H3,(H,14,17). The lowest BCUT2D eigenvalue weighted by Gasteiger charge is -2.07. The average molecular weight is 327 g/mol. The third kappa shape index (κ3) is 2.68. The molecule has 0 radical (unpaired) electrons. The number of rotatable bonds is 3. The maximum absolute atomic E-state index is 12.0. The third-order valence-corrected chi connectivity index (χ3v) is 3.62. The summed E-state index contributed by atoms with van der Waals surface area (Å²) in [6.07, 6.45) is 0.676. The molecule has 7 heteroatoms. The van der Waals surface area contributed by atoms with E-state index < -0.39 is 0 Å². The lowest BCUT2D eigenvalue weighted by atomic mass is 10.2. The van der Waals surface area contributed by atoms with E-state index in [9.17, 15) is 4.79 Å². The molecule has 0 aliphatic carbocycles. The molecular formula is C11H11BrN4OS. The number of amides is 1. The highest BCUT2D eigenvalue weighted by atomic mass is 79.9. The van der Waals surface area contributed by atoms with Crippen molar-refractivity contribution in [1.29, 1.82) is 0 Å². The van der Waals surface area contributed by atoms with Crippen LogP contribution in [0.2, 0.25) is 0 Å². The van der Waals surface area contributed by atoms with Crippen molar-refractivity contribution in [2.45, 2.75) is 13.3 Å². The van der Waals surface area contributed by atoms with Gasteiger partial charge < -0.3 is 11.1 Å². The number of nitrogens with one attached hydrogen (secondary N) is 1. The number of carbonyl (C=O) groups excluding carboxylic acids is 1. The van der Waals surface area contributed by atoms with Crippen molar-refractivity contribution < 1.29 is 4.79 Å². The summed E-state index contributed by atoms with van der Waals surface area (Å²) in [6, 6.07) is 5.30. The van der Waals surface area contributed by atoms with Crippen LogP contribution >= 0.6 is 27.5 Å². The fourth-order valence-electron chi connectivity index (χ4n) is 1.44. The van der Waals surface area contributed by atoms with Crippen molar-refractivity contribution in [3.05, 3.63) is 33.2 Å². The highest BCUT2D eigenvalue weighted by molar-refractivity contribution is 9.10. The summed E-state index contributed by atoms with van der Waals surface area (Å²) in [4.78, 5) is 12.6. The van der Waals surface area contributed by atoms with Crippen LogP contribution in [0.4, 0.5) is 11.4 Å². The molecule has 18 heavy (non-hydrogen) atoms. The monoisotopic (exact) mass is 326 g/mol. The van der Waals surface area contributed by atoms with Gasteiger partial charge in [-0.1, -0.05) is 27.3 Å². The second kappa shape index (κ2) is 5.45. The first kappa shape index (κ1) is 13.0. The van der Waals surface area contributed by atoms with Crippen LogP contribution in [0.5, 0.6) is 0 Å². The highest BCUT2D eigenvalue weighted by Crippen LogP contribution is 2.24. The summed E-state index contributed by atoms with van der Waals surface area (Å²) in [5.74, 6) is -0.226. The van der Waals surface area contributed by atoms with Gasteiger partial charge in [0.1, 0.15) is 4.88 Å². The predicted octanol–water partition coefficient (Wildman–Crippen LogP) is 2.70. The minimum atomic E-state index is -0.226. The number of aromatic nitrogens is 2. The van der Waals surface area contributed by atoms with Crippen LogP contribution in [0.1, 0.15) is 22.3 Å². The van der Waals surface area contributed by atoms with E-state index in [2.05, 4.69) is 30.8 Å². The number of carbonyl (C=O) groups is 1.